The van der Waals surface area contributed by atoms with Gasteiger partial charge in [-0.3, -0.25) is 14.1 Å². The average Bonchev–Trinajstić information content (AvgIpc) is 2.87. The van der Waals surface area contributed by atoms with Crippen LogP contribution in [0, 0.1) is 5.82 Å². The number of nitrogens with zero attached hydrogens (tertiary/aromatic N) is 4. The number of benzene rings is 1. The van der Waals surface area contributed by atoms with E-state index in [1.807, 2.05) is 24.3 Å². The maximum Gasteiger partial charge on any atom is 0.330 e. The molecule has 0 saturated carbocycles. The molecule has 0 amide bonds. The summed E-state index contributed by atoms with van der Waals surface area (Å²) in [5.41, 5.74) is 3.55. The van der Waals surface area contributed by atoms with E-state index in [0.29, 0.717) is 17.7 Å². The highest BCUT2D eigenvalue weighted by Gasteiger charge is 2.13. The SMILES string of the molecule is Cn1c(=O)n(Cc2cccnc2)c2cc(-c3cccc(F)c3)cnc21. The highest BCUT2D eigenvalue weighted by molar-refractivity contribution is 5.78. The second-order valence-electron chi connectivity index (χ2n) is 5.87. The number of imidazole rings is 1. The Hall–Kier alpha value is -3.28. The summed E-state index contributed by atoms with van der Waals surface area (Å²) in [7, 11) is 1.69. The summed E-state index contributed by atoms with van der Waals surface area (Å²) in [5, 5.41) is 0. The number of pyridine rings is 2. The lowest BCUT2D eigenvalue weighted by molar-refractivity contribution is 0.628. The third-order valence-electron chi connectivity index (χ3n) is 4.20. The van der Waals surface area contributed by atoms with Crippen LogP contribution >= 0.6 is 0 Å². The van der Waals surface area contributed by atoms with Crippen LogP contribution in [-0.2, 0) is 13.6 Å². The van der Waals surface area contributed by atoms with Crippen LogP contribution < -0.4 is 5.69 Å². The molecule has 6 heteroatoms. The van der Waals surface area contributed by atoms with Crippen molar-refractivity contribution < 1.29 is 4.39 Å². The molecule has 25 heavy (non-hydrogen) atoms. The molecule has 1 aromatic carbocycles. The first-order valence-corrected chi connectivity index (χ1v) is 7.83. The molecule has 3 heterocycles. The van der Waals surface area contributed by atoms with Crippen molar-refractivity contribution in [2.75, 3.05) is 0 Å². The van der Waals surface area contributed by atoms with Gasteiger partial charge in [0.2, 0.25) is 0 Å². The summed E-state index contributed by atoms with van der Waals surface area (Å²) >= 11 is 0. The monoisotopic (exact) mass is 334 g/mol. The Morgan fingerprint density at radius 3 is 2.72 bits per heavy atom. The molecule has 124 valence electrons. The fourth-order valence-corrected chi connectivity index (χ4v) is 2.93. The molecule has 0 aliphatic carbocycles. The van der Waals surface area contributed by atoms with Crippen molar-refractivity contribution in [1.29, 1.82) is 0 Å². The van der Waals surface area contributed by atoms with Gasteiger partial charge >= 0.3 is 5.69 Å². The van der Waals surface area contributed by atoms with Gasteiger partial charge in [-0.1, -0.05) is 18.2 Å². The molecule has 0 atom stereocenters. The zero-order chi connectivity index (χ0) is 17.4. The van der Waals surface area contributed by atoms with Crippen LogP contribution in [0.3, 0.4) is 0 Å². The van der Waals surface area contributed by atoms with E-state index < -0.39 is 0 Å². The van der Waals surface area contributed by atoms with Gasteiger partial charge in [-0.2, -0.15) is 0 Å². The van der Waals surface area contributed by atoms with Crippen LogP contribution in [0.4, 0.5) is 4.39 Å². The van der Waals surface area contributed by atoms with Gasteiger partial charge in [-0.25, -0.2) is 14.2 Å². The van der Waals surface area contributed by atoms with E-state index in [1.54, 1.807) is 36.3 Å². The summed E-state index contributed by atoms with van der Waals surface area (Å²) in [6.45, 7) is 0.401. The quantitative estimate of drug-likeness (QED) is 0.579. The molecule has 4 aromatic rings. The average molecular weight is 334 g/mol. The van der Waals surface area contributed by atoms with Crippen LogP contribution in [0.25, 0.3) is 22.3 Å². The molecular formula is C19H15FN4O. The number of rotatable bonds is 3. The van der Waals surface area contributed by atoms with Crippen LogP contribution in [-0.4, -0.2) is 19.1 Å². The van der Waals surface area contributed by atoms with Gasteiger partial charge in [-0.15, -0.1) is 0 Å². The van der Waals surface area contributed by atoms with E-state index in [0.717, 1.165) is 16.7 Å². The van der Waals surface area contributed by atoms with Crippen LogP contribution in [0.15, 0.2) is 65.8 Å². The van der Waals surface area contributed by atoms with E-state index in [4.69, 9.17) is 0 Å². The minimum absolute atomic E-state index is 0.150. The second kappa shape index (κ2) is 5.98. The van der Waals surface area contributed by atoms with Crippen molar-refractivity contribution in [1.82, 2.24) is 19.1 Å². The lowest BCUT2D eigenvalue weighted by atomic mass is 10.1. The Balaban J connectivity index is 1.89. The fourth-order valence-electron chi connectivity index (χ4n) is 2.93. The zero-order valence-electron chi connectivity index (χ0n) is 13.6. The lowest BCUT2D eigenvalue weighted by Gasteiger charge is -2.05. The molecule has 0 aliphatic heterocycles. The predicted molar refractivity (Wildman–Crippen MR) is 93.7 cm³/mol. The first-order valence-electron chi connectivity index (χ1n) is 7.83. The Kier molecular flexibility index (Phi) is 3.65. The molecule has 0 spiro atoms. The van der Waals surface area contributed by atoms with Gasteiger partial charge in [0.1, 0.15) is 5.82 Å². The minimum Gasteiger partial charge on any atom is -0.286 e. The van der Waals surface area contributed by atoms with Crippen LogP contribution in [0.1, 0.15) is 5.56 Å². The largest absolute Gasteiger partial charge is 0.330 e. The van der Waals surface area contributed by atoms with E-state index in [2.05, 4.69) is 9.97 Å². The Morgan fingerprint density at radius 2 is 1.96 bits per heavy atom. The Bertz CT molecular complexity index is 1120. The topological polar surface area (TPSA) is 52.7 Å². The number of hydrogen-bond acceptors (Lipinski definition) is 3. The van der Waals surface area contributed by atoms with Crippen LogP contribution in [0.2, 0.25) is 0 Å². The molecule has 5 nitrogen and oxygen atoms in total. The van der Waals surface area contributed by atoms with Crippen LogP contribution in [0.5, 0.6) is 0 Å². The summed E-state index contributed by atoms with van der Waals surface area (Å²) in [6, 6.07) is 11.9. The molecule has 0 N–H and O–H groups in total. The number of aryl methyl sites for hydroxylation is 1. The smallest absolute Gasteiger partial charge is 0.286 e. The minimum atomic E-state index is -0.307. The van der Waals surface area contributed by atoms with Gasteiger partial charge < -0.3 is 0 Å². The molecule has 0 fully saturated rings. The number of fused-ring (bicyclic) bond motifs is 1. The second-order valence-corrected chi connectivity index (χ2v) is 5.87. The molecule has 0 unspecified atom stereocenters. The maximum atomic E-state index is 13.5. The van der Waals surface area contributed by atoms with Gasteiger partial charge in [0.05, 0.1) is 12.1 Å². The highest BCUT2D eigenvalue weighted by Crippen LogP contribution is 2.23. The van der Waals surface area contributed by atoms with Crippen molar-refractivity contribution in [3.63, 3.8) is 0 Å². The van der Waals surface area contributed by atoms with E-state index in [9.17, 15) is 9.18 Å². The molecule has 0 aliphatic rings. The third kappa shape index (κ3) is 2.71. The summed E-state index contributed by atoms with van der Waals surface area (Å²) in [5.74, 6) is -0.307. The van der Waals surface area contributed by atoms with Crippen molar-refractivity contribution in [3.05, 3.63) is 82.9 Å². The van der Waals surface area contributed by atoms with Gasteiger partial charge in [0.25, 0.3) is 0 Å². The van der Waals surface area contributed by atoms with Gasteiger partial charge in [0.15, 0.2) is 5.65 Å². The summed E-state index contributed by atoms with van der Waals surface area (Å²) in [6.07, 6.45) is 5.08. The maximum absolute atomic E-state index is 13.5. The molecule has 4 rings (SSSR count). The molecule has 0 radical (unpaired) electrons. The standard InChI is InChI=1S/C19H15FN4O/c1-23-18-17(24(19(23)25)12-13-4-3-7-21-10-13)9-15(11-22-18)14-5-2-6-16(20)8-14/h2-11H,12H2,1H3. The number of hydrogen-bond donors (Lipinski definition) is 0. The highest BCUT2D eigenvalue weighted by atomic mass is 19.1. The fraction of sp³-hybridized carbons (Fsp3) is 0.105. The van der Waals surface area contributed by atoms with Crippen molar-refractivity contribution in [2.45, 2.75) is 6.54 Å². The third-order valence-corrected chi connectivity index (χ3v) is 4.20. The Morgan fingerprint density at radius 1 is 1.08 bits per heavy atom. The molecule has 3 aromatic heterocycles. The molecule has 0 bridgehead atoms. The van der Waals surface area contributed by atoms with Crippen molar-refractivity contribution >= 4 is 11.2 Å². The van der Waals surface area contributed by atoms with Gasteiger partial charge in [0, 0.05) is 31.2 Å². The first-order chi connectivity index (χ1) is 12.1. The normalized spacial score (nSPS) is 11.1. The van der Waals surface area contributed by atoms with Crippen molar-refractivity contribution in [2.24, 2.45) is 7.05 Å². The van der Waals surface area contributed by atoms with Gasteiger partial charge in [-0.05, 0) is 35.4 Å². The number of halogens is 1. The molecule has 0 saturated heterocycles. The predicted octanol–water partition coefficient (Wildman–Crippen LogP) is 2.98. The summed E-state index contributed by atoms with van der Waals surface area (Å²) < 4.78 is 16.7. The summed E-state index contributed by atoms with van der Waals surface area (Å²) in [4.78, 5) is 21.1. The lowest BCUT2D eigenvalue weighted by Crippen LogP contribution is -2.22. The Labute approximate surface area is 143 Å². The van der Waals surface area contributed by atoms with E-state index in [-0.39, 0.29) is 11.5 Å². The van der Waals surface area contributed by atoms with E-state index in [1.165, 1.54) is 16.7 Å². The van der Waals surface area contributed by atoms with E-state index >= 15 is 0 Å². The number of aromatic nitrogens is 4. The van der Waals surface area contributed by atoms with Crippen molar-refractivity contribution in [3.8, 4) is 11.1 Å². The zero-order valence-corrected chi connectivity index (χ0v) is 13.6. The first kappa shape index (κ1) is 15.3. The molecular weight excluding hydrogens is 319 g/mol.